The fourth-order valence-corrected chi connectivity index (χ4v) is 2.68. The van der Waals surface area contributed by atoms with Crippen molar-refractivity contribution in [2.75, 3.05) is 7.11 Å². The van der Waals surface area contributed by atoms with Crippen LogP contribution in [0.5, 0.6) is 5.75 Å². The van der Waals surface area contributed by atoms with E-state index in [1.54, 1.807) is 19.2 Å². The summed E-state index contributed by atoms with van der Waals surface area (Å²) in [5.41, 5.74) is 0.495. The Labute approximate surface area is 125 Å². The van der Waals surface area contributed by atoms with Gasteiger partial charge in [-0.2, -0.15) is 0 Å². The predicted molar refractivity (Wildman–Crippen MR) is 82.6 cm³/mol. The highest BCUT2D eigenvalue weighted by Crippen LogP contribution is 2.22. The van der Waals surface area contributed by atoms with E-state index in [1.807, 2.05) is 36.4 Å². The van der Waals surface area contributed by atoms with E-state index < -0.39 is 0 Å². The maximum Gasteiger partial charge on any atom is 0.278 e. The predicted octanol–water partition coefficient (Wildman–Crippen LogP) is 2.55. The topological polar surface area (TPSA) is 57.0 Å². The molecule has 1 heterocycles. The Morgan fingerprint density at radius 2 is 1.90 bits per heavy atom. The Balaban J connectivity index is 1.81. The summed E-state index contributed by atoms with van der Waals surface area (Å²) < 4.78 is 6.48. The second-order valence-corrected chi connectivity index (χ2v) is 5.38. The number of nitrogens with zero attached hydrogens (tertiary/aromatic N) is 3. The van der Waals surface area contributed by atoms with Crippen LogP contribution in [0.4, 0.5) is 0 Å². The molecule has 5 nitrogen and oxygen atoms in total. The van der Waals surface area contributed by atoms with Gasteiger partial charge in [0.05, 0.1) is 18.4 Å². The SMILES string of the molecule is COc1ccc(SCn2nnc3ccccc3c2=O)cc1. The molecule has 0 atom stereocenters. The number of hydrogen-bond acceptors (Lipinski definition) is 5. The molecule has 0 unspecified atom stereocenters. The Bertz CT molecular complexity index is 815. The molecular weight excluding hydrogens is 286 g/mol. The third-order valence-electron chi connectivity index (χ3n) is 3.04. The molecular formula is C15H13N3O2S. The normalized spacial score (nSPS) is 10.7. The average molecular weight is 299 g/mol. The van der Waals surface area contributed by atoms with Gasteiger partial charge < -0.3 is 4.74 Å². The van der Waals surface area contributed by atoms with Crippen LogP contribution in [0.2, 0.25) is 0 Å². The number of hydrogen-bond donors (Lipinski definition) is 0. The van der Waals surface area contributed by atoms with E-state index in [4.69, 9.17) is 4.74 Å². The molecule has 0 bridgehead atoms. The first kappa shape index (κ1) is 13.6. The molecule has 0 spiro atoms. The molecule has 3 rings (SSSR count). The molecule has 0 aliphatic heterocycles. The summed E-state index contributed by atoms with van der Waals surface area (Å²) in [7, 11) is 1.63. The Kier molecular flexibility index (Phi) is 3.87. The van der Waals surface area contributed by atoms with Crippen LogP contribution in [0.3, 0.4) is 0 Å². The Morgan fingerprint density at radius 3 is 2.67 bits per heavy atom. The van der Waals surface area contributed by atoms with Gasteiger partial charge in [-0.1, -0.05) is 17.3 Å². The average Bonchev–Trinajstić information content (AvgIpc) is 2.55. The molecule has 0 radical (unpaired) electrons. The van der Waals surface area contributed by atoms with E-state index in [1.165, 1.54) is 16.4 Å². The number of ether oxygens (including phenoxy) is 1. The van der Waals surface area contributed by atoms with Crippen molar-refractivity contribution in [2.45, 2.75) is 10.8 Å². The summed E-state index contributed by atoms with van der Waals surface area (Å²) in [5.74, 6) is 1.23. The quantitative estimate of drug-likeness (QED) is 0.693. The van der Waals surface area contributed by atoms with Crippen LogP contribution in [-0.4, -0.2) is 22.1 Å². The van der Waals surface area contributed by atoms with Crippen molar-refractivity contribution in [3.05, 3.63) is 58.9 Å². The lowest BCUT2D eigenvalue weighted by atomic mass is 10.2. The van der Waals surface area contributed by atoms with Gasteiger partial charge in [0.25, 0.3) is 5.56 Å². The van der Waals surface area contributed by atoms with E-state index in [2.05, 4.69) is 10.3 Å². The van der Waals surface area contributed by atoms with E-state index >= 15 is 0 Å². The first-order chi connectivity index (χ1) is 10.3. The van der Waals surface area contributed by atoms with Gasteiger partial charge in [0.2, 0.25) is 0 Å². The fraction of sp³-hybridized carbons (Fsp3) is 0.133. The summed E-state index contributed by atoms with van der Waals surface area (Å²) >= 11 is 1.52. The summed E-state index contributed by atoms with van der Waals surface area (Å²) in [6.45, 7) is 0. The lowest BCUT2D eigenvalue weighted by molar-refractivity contribution is 0.414. The number of methoxy groups -OCH3 is 1. The third-order valence-corrected chi connectivity index (χ3v) is 4.02. The second-order valence-electron chi connectivity index (χ2n) is 4.36. The van der Waals surface area contributed by atoms with Crippen LogP contribution in [-0.2, 0) is 5.88 Å². The lowest BCUT2D eigenvalue weighted by Crippen LogP contribution is -2.23. The molecule has 0 amide bonds. The zero-order chi connectivity index (χ0) is 14.7. The molecule has 0 saturated carbocycles. The van der Waals surface area contributed by atoms with E-state index in [0.29, 0.717) is 16.8 Å². The van der Waals surface area contributed by atoms with Crippen LogP contribution in [0.1, 0.15) is 0 Å². The van der Waals surface area contributed by atoms with Gasteiger partial charge in [-0.25, -0.2) is 4.68 Å². The molecule has 2 aromatic carbocycles. The molecule has 21 heavy (non-hydrogen) atoms. The molecule has 3 aromatic rings. The Hall–Kier alpha value is -2.34. The number of benzene rings is 2. The van der Waals surface area contributed by atoms with Gasteiger partial charge in [-0.15, -0.1) is 16.9 Å². The molecule has 1 aromatic heterocycles. The van der Waals surface area contributed by atoms with Crippen molar-refractivity contribution in [1.82, 2.24) is 15.0 Å². The number of fused-ring (bicyclic) bond motifs is 1. The Morgan fingerprint density at radius 1 is 1.14 bits per heavy atom. The molecule has 0 saturated heterocycles. The maximum absolute atomic E-state index is 12.3. The van der Waals surface area contributed by atoms with E-state index in [-0.39, 0.29) is 5.56 Å². The van der Waals surface area contributed by atoms with Crippen LogP contribution in [0.25, 0.3) is 10.9 Å². The van der Waals surface area contributed by atoms with Gasteiger partial charge in [-0.05, 0) is 36.4 Å². The van der Waals surface area contributed by atoms with Crippen molar-refractivity contribution in [3.63, 3.8) is 0 Å². The second kappa shape index (κ2) is 5.97. The van der Waals surface area contributed by atoms with Gasteiger partial charge in [0.1, 0.15) is 11.3 Å². The molecule has 0 fully saturated rings. The summed E-state index contributed by atoms with van der Waals surface area (Å²) in [5, 5.41) is 8.61. The van der Waals surface area contributed by atoms with Crippen LogP contribution < -0.4 is 10.3 Å². The van der Waals surface area contributed by atoms with Crippen molar-refractivity contribution in [1.29, 1.82) is 0 Å². The summed E-state index contributed by atoms with van der Waals surface area (Å²) in [4.78, 5) is 13.3. The summed E-state index contributed by atoms with van der Waals surface area (Å²) in [6, 6.07) is 14.9. The highest BCUT2D eigenvalue weighted by molar-refractivity contribution is 7.98. The van der Waals surface area contributed by atoms with Crippen molar-refractivity contribution < 1.29 is 4.74 Å². The van der Waals surface area contributed by atoms with Gasteiger partial charge >= 0.3 is 0 Å². The minimum atomic E-state index is -0.124. The molecule has 6 heteroatoms. The fourth-order valence-electron chi connectivity index (χ4n) is 1.92. The minimum Gasteiger partial charge on any atom is -0.497 e. The zero-order valence-corrected chi connectivity index (χ0v) is 12.2. The van der Waals surface area contributed by atoms with Crippen molar-refractivity contribution in [3.8, 4) is 5.75 Å². The highest BCUT2D eigenvalue weighted by atomic mass is 32.2. The lowest BCUT2D eigenvalue weighted by Gasteiger charge is -2.05. The monoisotopic (exact) mass is 299 g/mol. The van der Waals surface area contributed by atoms with Crippen LogP contribution in [0.15, 0.2) is 58.2 Å². The highest BCUT2D eigenvalue weighted by Gasteiger charge is 2.05. The maximum atomic E-state index is 12.3. The smallest absolute Gasteiger partial charge is 0.278 e. The first-order valence-corrected chi connectivity index (χ1v) is 7.36. The van der Waals surface area contributed by atoms with Crippen molar-refractivity contribution in [2.24, 2.45) is 0 Å². The van der Waals surface area contributed by atoms with Gasteiger partial charge in [0.15, 0.2) is 0 Å². The third kappa shape index (κ3) is 2.90. The van der Waals surface area contributed by atoms with Gasteiger partial charge in [-0.3, -0.25) is 4.79 Å². The molecule has 0 aliphatic carbocycles. The minimum absolute atomic E-state index is 0.124. The van der Waals surface area contributed by atoms with Gasteiger partial charge in [0, 0.05) is 4.90 Å². The standard InChI is InChI=1S/C15H13N3O2S/c1-20-11-6-8-12(9-7-11)21-10-18-15(19)13-4-2-3-5-14(13)16-17-18/h2-9H,10H2,1H3. The number of aromatic nitrogens is 3. The van der Waals surface area contributed by atoms with Crippen molar-refractivity contribution >= 4 is 22.7 Å². The molecule has 0 N–H and O–H groups in total. The molecule has 106 valence electrons. The molecule has 0 aliphatic rings. The van der Waals surface area contributed by atoms with Crippen LogP contribution in [0, 0.1) is 0 Å². The number of rotatable bonds is 4. The van der Waals surface area contributed by atoms with E-state index in [0.717, 1.165) is 10.6 Å². The number of thioether (sulfide) groups is 1. The van der Waals surface area contributed by atoms with Crippen LogP contribution >= 0.6 is 11.8 Å². The summed E-state index contributed by atoms with van der Waals surface area (Å²) in [6.07, 6.45) is 0. The largest absolute Gasteiger partial charge is 0.497 e. The van der Waals surface area contributed by atoms with E-state index in [9.17, 15) is 4.79 Å². The zero-order valence-electron chi connectivity index (χ0n) is 11.4. The first-order valence-electron chi connectivity index (χ1n) is 6.37.